The van der Waals surface area contributed by atoms with E-state index >= 15 is 0 Å². The first-order valence-corrected chi connectivity index (χ1v) is 14.2. The average molecular weight is 567 g/mol. The number of carbonyl (C=O) groups is 4. The van der Waals surface area contributed by atoms with Crippen LogP contribution in [0.3, 0.4) is 0 Å². The number of hydrogen-bond donors (Lipinski definition) is 2. The van der Waals surface area contributed by atoms with Crippen molar-refractivity contribution < 1.29 is 28.3 Å². The molecule has 2 aromatic rings. The summed E-state index contributed by atoms with van der Waals surface area (Å²) in [4.78, 5) is 55.7. The second-order valence-electron chi connectivity index (χ2n) is 11.7. The molecule has 41 heavy (non-hydrogen) atoms. The number of halogens is 1. The van der Waals surface area contributed by atoms with E-state index in [1.54, 1.807) is 25.7 Å². The van der Waals surface area contributed by atoms with E-state index in [1.807, 2.05) is 30.3 Å². The molecule has 4 rings (SSSR count). The van der Waals surface area contributed by atoms with Gasteiger partial charge in [-0.3, -0.25) is 19.3 Å². The molecule has 2 unspecified atom stereocenters. The largest absolute Gasteiger partial charge is 0.444 e. The molecule has 2 aliphatic rings. The van der Waals surface area contributed by atoms with Gasteiger partial charge in [-0.2, -0.15) is 0 Å². The van der Waals surface area contributed by atoms with Gasteiger partial charge in [0.05, 0.1) is 0 Å². The Hall–Kier alpha value is -3.95. The smallest absolute Gasteiger partial charge is 0.410 e. The van der Waals surface area contributed by atoms with E-state index in [-0.39, 0.29) is 17.7 Å². The van der Waals surface area contributed by atoms with Crippen LogP contribution in [0.1, 0.15) is 52.0 Å². The van der Waals surface area contributed by atoms with E-state index in [4.69, 9.17) is 4.74 Å². The van der Waals surface area contributed by atoms with Gasteiger partial charge in [-0.25, -0.2) is 9.18 Å². The normalized spacial score (nSPS) is 18.5. The van der Waals surface area contributed by atoms with E-state index in [9.17, 15) is 23.6 Å². The minimum absolute atomic E-state index is 0.118. The van der Waals surface area contributed by atoms with Crippen LogP contribution in [0.15, 0.2) is 54.6 Å². The van der Waals surface area contributed by atoms with E-state index in [0.29, 0.717) is 51.0 Å². The van der Waals surface area contributed by atoms with Crippen molar-refractivity contribution in [1.29, 1.82) is 0 Å². The fourth-order valence-electron chi connectivity index (χ4n) is 5.25. The summed E-state index contributed by atoms with van der Waals surface area (Å²) in [6.07, 6.45) is 2.04. The lowest BCUT2D eigenvalue weighted by Crippen LogP contribution is -2.53. The molecule has 2 heterocycles. The monoisotopic (exact) mass is 566 g/mol. The Balaban J connectivity index is 1.35. The second kappa shape index (κ2) is 13.1. The number of ether oxygens (including phenoxy) is 1. The number of carbonyl (C=O) groups excluding carboxylic acids is 4. The third kappa shape index (κ3) is 8.28. The van der Waals surface area contributed by atoms with Crippen molar-refractivity contribution in [3.8, 4) is 0 Å². The molecule has 10 heteroatoms. The molecule has 2 saturated heterocycles. The Morgan fingerprint density at radius 2 is 1.61 bits per heavy atom. The maximum absolute atomic E-state index is 13.3. The quantitative estimate of drug-likeness (QED) is 0.524. The average Bonchev–Trinajstić information content (AvgIpc) is 3.44. The molecule has 2 atom stereocenters. The summed E-state index contributed by atoms with van der Waals surface area (Å²) in [6, 6.07) is 13.4. The standard InChI is InChI=1S/C31H39FN4O5/c1-31(2,3)41-30(40)36-17-7-10-26(36)29(39)35-18-15-22(16-19-35)27(37)34-25(20-21-8-5-4-6-9-21)28(38)33-24-13-11-23(32)12-14-24/h4-6,8-9,11-14,22,25-26H,7,10,15-20H2,1-3H3,(H,33,38)(H,34,37). The molecule has 0 aromatic heterocycles. The lowest BCUT2D eigenvalue weighted by atomic mass is 9.94. The summed E-state index contributed by atoms with van der Waals surface area (Å²) >= 11 is 0. The van der Waals surface area contributed by atoms with Crippen molar-refractivity contribution in [2.45, 2.75) is 70.6 Å². The molecule has 2 N–H and O–H groups in total. The Bertz CT molecular complexity index is 1220. The fraction of sp³-hybridized carbons (Fsp3) is 0.484. The predicted octanol–water partition coefficient (Wildman–Crippen LogP) is 4.13. The summed E-state index contributed by atoms with van der Waals surface area (Å²) in [7, 11) is 0. The number of amides is 4. The lowest BCUT2D eigenvalue weighted by Gasteiger charge is -2.35. The van der Waals surface area contributed by atoms with Crippen LogP contribution in [0.2, 0.25) is 0 Å². The van der Waals surface area contributed by atoms with Gasteiger partial charge < -0.3 is 20.3 Å². The third-order valence-corrected chi connectivity index (χ3v) is 7.37. The number of rotatable bonds is 7. The summed E-state index contributed by atoms with van der Waals surface area (Å²) in [5.41, 5.74) is 0.675. The van der Waals surface area contributed by atoms with Gasteiger partial charge in [0.1, 0.15) is 23.5 Å². The molecule has 0 spiro atoms. The third-order valence-electron chi connectivity index (χ3n) is 7.37. The SMILES string of the molecule is CC(C)(C)OC(=O)N1CCCC1C(=O)N1CCC(C(=O)NC(Cc2ccccc2)C(=O)Nc2ccc(F)cc2)CC1. The molecule has 220 valence electrons. The number of nitrogens with one attached hydrogen (secondary N) is 2. The zero-order valence-corrected chi connectivity index (χ0v) is 23.9. The van der Waals surface area contributed by atoms with Crippen molar-refractivity contribution in [2.75, 3.05) is 25.0 Å². The van der Waals surface area contributed by atoms with Crippen LogP contribution < -0.4 is 10.6 Å². The molecule has 2 aromatic carbocycles. The molecule has 4 amide bonds. The highest BCUT2D eigenvalue weighted by molar-refractivity contribution is 5.97. The van der Waals surface area contributed by atoms with E-state index in [1.165, 1.54) is 29.2 Å². The Kier molecular flexibility index (Phi) is 9.62. The second-order valence-corrected chi connectivity index (χ2v) is 11.7. The summed E-state index contributed by atoms with van der Waals surface area (Å²) in [6.45, 7) is 6.65. The molecule has 2 aliphatic heterocycles. The van der Waals surface area contributed by atoms with Crippen LogP contribution in [0.5, 0.6) is 0 Å². The maximum Gasteiger partial charge on any atom is 0.410 e. The van der Waals surface area contributed by atoms with Crippen molar-refractivity contribution in [2.24, 2.45) is 5.92 Å². The number of piperidine rings is 1. The summed E-state index contributed by atoms with van der Waals surface area (Å²) < 4.78 is 18.8. The minimum atomic E-state index is -0.838. The van der Waals surface area contributed by atoms with Crippen molar-refractivity contribution in [1.82, 2.24) is 15.1 Å². The topological polar surface area (TPSA) is 108 Å². The molecule has 9 nitrogen and oxygen atoms in total. The van der Waals surface area contributed by atoms with E-state index < -0.39 is 35.5 Å². The summed E-state index contributed by atoms with van der Waals surface area (Å²) in [5, 5.41) is 5.67. The number of likely N-dealkylation sites (tertiary alicyclic amines) is 2. The molecule has 2 fully saturated rings. The van der Waals surface area contributed by atoms with Crippen LogP contribution in [0, 0.1) is 11.7 Å². The Morgan fingerprint density at radius 3 is 2.24 bits per heavy atom. The maximum atomic E-state index is 13.3. The summed E-state index contributed by atoms with van der Waals surface area (Å²) in [5.74, 6) is -1.53. The van der Waals surface area contributed by atoms with Gasteiger partial charge in [-0.1, -0.05) is 30.3 Å². The predicted molar refractivity (Wildman–Crippen MR) is 152 cm³/mol. The van der Waals surface area contributed by atoms with Gasteiger partial charge in [0.15, 0.2) is 0 Å². The minimum Gasteiger partial charge on any atom is -0.444 e. The highest BCUT2D eigenvalue weighted by Crippen LogP contribution is 2.25. The van der Waals surface area contributed by atoms with Crippen LogP contribution in [0.25, 0.3) is 0 Å². The molecule has 0 bridgehead atoms. The molecule has 0 aliphatic carbocycles. The van der Waals surface area contributed by atoms with Crippen molar-refractivity contribution in [3.05, 3.63) is 66.0 Å². The number of hydrogen-bond acceptors (Lipinski definition) is 5. The first kappa shape index (κ1) is 30.0. The van der Waals surface area contributed by atoms with Crippen LogP contribution >= 0.6 is 0 Å². The van der Waals surface area contributed by atoms with Gasteiger partial charge >= 0.3 is 6.09 Å². The molecule has 0 saturated carbocycles. The van der Waals surface area contributed by atoms with Crippen LogP contribution in [-0.4, -0.2) is 70.9 Å². The van der Waals surface area contributed by atoms with Crippen molar-refractivity contribution in [3.63, 3.8) is 0 Å². The van der Waals surface area contributed by atoms with E-state index in [2.05, 4.69) is 10.6 Å². The van der Waals surface area contributed by atoms with Crippen molar-refractivity contribution >= 4 is 29.5 Å². The highest BCUT2D eigenvalue weighted by Gasteiger charge is 2.40. The van der Waals surface area contributed by atoms with Gasteiger partial charge in [-0.05, 0) is 76.3 Å². The fourth-order valence-corrected chi connectivity index (χ4v) is 5.25. The van der Waals surface area contributed by atoms with Gasteiger partial charge in [0, 0.05) is 37.7 Å². The molecule has 0 radical (unpaired) electrons. The lowest BCUT2D eigenvalue weighted by molar-refractivity contribution is -0.139. The van der Waals surface area contributed by atoms with Crippen LogP contribution in [-0.2, 0) is 25.5 Å². The molecular formula is C31H39FN4O5. The zero-order valence-electron chi connectivity index (χ0n) is 23.9. The number of anilines is 1. The van der Waals surface area contributed by atoms with Gasteiger partial charge in [0.25, 0.3) is 0 Å². The van der Waals surface area contributed by atoms with E-state index in [0.717, 1.165) is 12.0 Å². The van der Waals surface area contributed by atoms with Crippen LogP contribution in [0.4, 0.5) is 14.9 Å². The number of nitrogens with zero attached hydrogens (tertiary/aromatic N) is 2. The zero-order chi connectivity index (χ0) is 29.6. The van der Waals surface area contributed by atoms with Gasteiger partial charge in [-0.15, -0.1) is 0 Å². The Morgan fingerprint density at radius 1 is 0.951 bits per heavy atom. The molecular weight excluding hydrogens is 527 g/mol. The first-order chi connectivity index (χ1) is 19.5. The van der Waals surface area contributed by atoms with Gasteiger partial charge in [0.2, 0.25) is 17.7 Å². The highest BCUT2D eigenvalue weighted by atomic mass is 19.1. The Labute approximate surface area is 240 Å². The number of benzene rings is 2. The first-order valence-electron chi connectivity index (χ1n) is 14.2.